The van der Waals surface area contributed by atoms with E-state index in [0.717, 1.165) is 44.1 Å². The summed E-state index contributed by atoms with van der Waals surface area (Å²) in [5, 5.41) is 3.36. The maximum atomic E-state index is 11.3. The number of hydrogen-bond donors (Lipinski definition) is 1. The first-order valence-corrected chi connectivity index (χ1v) is 7.31. The number of rotatable bonds is 4. The Morgan fingerprint density at radius 1 is 1.35 bits per heavy atom. The second-order valence-electron chi connectivity index (χ2n) is 5.21. The zero-order chi connectivity index (χ0) is 14.5. The number of nitrogens with zero attached hydrogens (tertiary/aromatic N) is 3. The van der Waals surface area contributed by atoms with E-state index in [1.807, 2.05) is 11.1 Å². The van der Waals surface area contributed by atoms with Gasteiger partial charge in [-0.05, 0) is 25.6 Å². The van der Waals surface area contributed by atoms with Gasteiger partial charge in [0, 0.05) is 39.1 Å². The Bertz CT molecular complexity index is 438. The summed E-state index contributed by atoms with van der Waals surface area (Å²) in [7, 11) is 0. The number of carbonyl (C=O) groups is 1. The molecule has 1 atom stereocenters. The monoisotopic (exact) mass is 276 g/mol. The van der Waals surface area contributed by atoms with Crippen LogP contribution in [0.2, 0.25) is 0 Å². The summed E-state index contributed by atoms with van der Waals surface area (Å²) in [6.45, 7) is 10.1. The quantitative estimate of drug-likeness (QED) is 0.903. The van der Waals surface area contributed by atoms with Crippen molar-refractivity contribution >= 4 is 11.6 Å². The predicted molar refractivity (Wildman–Crippen MR) is 80.8 cm³/mol. The van der Waals surface area contributed by atoms with Crippen LogP contribution in [0.3, 0.4) is 0 Å². The average Bonchev–Trinajstić information content (AvgIpc) is 2.48. The van der Waals surface area contributed by atoms with Crippen LogP contribution in [-0.2, 0) is 4.79 Å². The van der Waals surface area contributed by atoms with Crippen LogP contribution in [0.1, 0.15) is 32.5 Å². The highest BCUT2D eigenvalue weighted by Crippen LogP contribution is 2.18. The van der Waals surface area contributed by atoms with Crippen LogP contribution in [0, 0.1) is 0 Å². The third-order valence-corrected chi connectivity index (χ3v) is 3.81. The molecule has 110 valence electrons. The van der Waals surface area contributed by atoms with E-state index in [-0.39, 0.29) is 11.9 Å². The number of pyridine rings is 1. The van der Waals surface area contributed by atoms with Gasteiger partial charge in [-0.15, -0.1) is 0 Å². The molecule has 1 aliphatic heterocycles. The second-order valence-corrected chi connectivity index (χ2v) is 5.21. The van der Waals surface area contributed by atoms with E-state index in [0.29, 0.717) is 0 Å². The third kappa shape index (κ3) is 3.48. The minimum atomic E-state index is 0.164. The maximum absolute atomic E-state index is 11.3. The molecular weight excluding hydrogens is 252 g/mol. The van der Waals surface area contributed by atoms with Crippen molar-refractivity contribution in [3.05, 3.63) is 24.0 Å². The first-order chi connectivity index (χ1) is 9.61. The second kappa shape index (κ2) is 6.70. The van der Waals surface area contributed by atoms with Gasteiger partial charge in [-0.25, -0.2) is 0 Å². The van der Waals surface area contributed by atoms with Crippen LogP contribution in [-0.4, -0.2) is 48.5 Å². The molecule has 5 heteroatoms. The molecule has 0 radical (unpaired) electrons. The first-order valence-electron chi connectivity index (χ1n) is 7.31. The fourth-order valence-electron chi connectivity index (χ4n) is 2.53. The minimum absolute atomic E-state index is 0.164. The van der Waals surface area contributed by atoms with Gasteiger partial charge < -0.3 is 15.1 Å². The first kappa shape index (κ1) is 14.8. The molecule has 1 aromatic rings. The van der Waals surface area contributed by atoms with E-state index < -0.39 is 0 Å². The summed E-state index contributed by atoms with van der Waals surface area (Å²) < 4.78 is 0. The maximum Gasteiger partial charge on any atom is 0.219 e. The summed E-state index contributed by atoms with van der Waals surface area (Å²) >= 11 is 0. The summed E-state index contributed by atoms with van der Waals surface area (Å²) in [6, 6.07) is 4.49. The summed E-state index contributed by atoms with van der Waals surface area (Å²) in [6.07, 6.45) is 1.94. The lowest BCUT2D eigenvalue weighted by molar-refractivity contribution is -0.129. The van der Waals surface area contributed by atoms with Gasteiger partial charge in [0.25, 0.3) is 0 Å². The summed E-state index contributed by atoms with van der Waals surface area (Å²) in [5.74, 6) is 0.164. The van der Waals surface area contributed by atoms with E-state index in [1.54, 1.807) is 6.92 Å². The molecule has 1 amide bonds. The number of amides is 1. The molecule has 20 heavy (non-hydrogen) atoms. The molecule has 1 unspecified atom stereocenters. The molecule has 0 saturated carbocycles. The standard InChI is InChI=1S/C15H24N4O/c1-4-16-12(2)15-6-5-14(11-17-15)19-9-7-18(8-10-19)13(3)20/h5-6,11-12,16H,4,7-10H2,1-3H3. The topological polar surface area (TPSA) is 48.5 Å². The van der Waals surface area contributed by atoms with Crippen LogP contribution in [0.25, 0.3) is 0 Å². The zero-order valence-corrected chi connectivity index (χ0v) is 12.6. The van der Waals surface area contributed by atoms with Crippen LogP contribution in [0.4, 0.5) is 5.69 Å². The normalized spacial score (nSPS) is 17.1. The SMILES string of the molecule is CCNC(C)c1ccc(N2CCN(C(C)=O)CC2)cn1. The highest BCUT2D eigenvalue weighted by atomic mass is 16.2. The molecule has 2 heterocycles. The van der Waals surface area contributed by atoms with Gasteiger partial charge in [0.15, 0.2) is 0 Å². The van der Waals surface area contributed by atoms with E-state index >= 15 is 0 Å². The molecule has 0 aromatic carbocycles. The largest absolute Gasteiger partial charge is 0.367 e. The Labute approximate surface area is 121 Å². The molecule has 1 aliphatic rings. The van der Waals surface area contributed by atoms with Gasteiger partial charge >= 0.3 is 0 Å². The Kier molecular flexibility index (Phi) is 4.95. The van der Waals surface area contributed by atoms with Crippen LogP contribution in [0.15, 0.2) is 18.3 Å². The zero-order valence-electron chi connectivity index (χ0n) is 12.6. The lowest BCUT2D eigenvalue weighted by atomic mass is 10.2. The lowest BCUT2D eigenvalue weighted by Crippen LogP contribution is -2.48. The smallest absolute Gasteiger partial charge is 0.219 e. The van der Waals surface area contributed by atoms with Crippen molar-refractivity contribution < 1.29 is 4.79 Å². The number of aromatic nitrogens is 1. The van der Waals surface area contributed by atoms with Crippen molar-refractivity contribution in [3.8, 4) is 0 Å². The Hall–Kier alpha value is -1.62. The summed E-state index contributed by atoms with van der Waals surface area (Å²) in [5.41, 5.74) is 2.21. The fourth-order valence-corrected chi connectivity index (χ4v) is 2.53. The van der Waals surface area contributed by atoms with Gasteiger partial charge in [-0.3, -0.25) is 9.78 Å². The van der Waals surface area contributed by atoms with Crippen LogP contribution < -0.4 is 10.2 Å². The van der Waals surface area contributed by atoms with Crippen molar-refractivity contribution in [2.45, 2.75) is 26.8 Å². The predicted octanol–water partition coefficient (Wildman–Crippen LogP) is 1.42. The molecule has 5 nitrogen and oxygen atoms in total. The molecule has 2 rings (SSSR count). The van der Waals surface area contributed by atoms with Crippen molar-refractivity contribution in [2.75, 3.05) is 37.6 Å². The third-order valence-electron chi connectivity index (χ3n) is 3.81. The highest BCUT2D eigenvalue weighted by molar-refractivity contribution is 5.73. The molecule has 0 spiro atoms. The molecule has 0 bridgehead atoms. The minimum Gasteiger partial charge on any atom is -0.367 e. The van der Waals surface area contributed by atoms with Crippen LogP contribution in [0.5, 0.6) is 0 Å². The van der Waals surface area contributed by atoms with Crippen molar-refractivity contribution in [1.82, 2.24) is 15.2 Å². The summed E-state index contributed by atoms with van der Waals surface area (Å²) in [4.78, 5) is 20.0. The van der Waals surface area contributed by atoms with Crippen molar-refractivity contribution in [2.24, 2.45) is 0 Å². The van der Waals surface area contributed by atoms with E-state index in [1.165, 1.54) is 0 Å². The molecule has 1 fully saturated rings. The van der Waals surface area contributed by atoms with E-state index in [9.17, 15) is 4.79 Å². The van der Waals surface area contributed by atoms with Gasteiger partial charge in [0.05, 0.1) is 17.6 Å². The van der Waals surface area contributed by atoms with Gasteiger partial charge in [-0.1, -0.05) is 6.92 Å². The van der Waals surface area contributed by atoms with Crippen molar-refractivity contribution in [3.63, 3.8) is 0 Å². The molecule has 1 saturated heterocycles. The van der Waals surface area contributed by atoms with Gasteiger partial charge in [0.2, 0.25) is 5.91 Å². The number of piperazine rings is 1. The molecule has 0 aliphatic carbocycles. The van der Waals surface area contributed by atoms with Crippen LogP contribution >= 0.6 is 0 Å². The number of anilines is 1. The molecular formula is C15H24N4O. The van der Waals surface area contributed by atoms with E-state index in [2.05, 4.69) is 41.2 Å². The molecule has 1 N–H and O–H groups in total. The average molecular weight is 276 g/mol. The number of hydrogen-bond acceptors (Lipinski definition) is 4. The van der Waals surface area contributed by atoms with Crippen molar-refractivity contribution in [1.29, 1.82) is 0 Å². The Balaban J connectivity index is 1.96. The Morgan fingerprint density at radius 3 is 2.55 bits per heavy atom. The lowest BCUT2D eigenvalue weighted by Gasteiger charge is -2.35. The fraction of sp³-hybridized carbons (Fsp3) is 0.600. The molecule has 1 aromatic heterocycles. The Morgan fingerprint density at radius 2 is 2.05 bits per heavy atom. The van der Waals surface area contributed by atoms with Gasteiger partial charge in [0.1, 0.15) is 0 Å². The van der Waals surface area contributed by atoms with E-state index in [4.69, 9.17) is 0 Å². The van der Waals surface area contributed by atoms with Gasteiger partial charge in [-0.2, -0.15) is 0 Å². The highest BCUT2D eigenvalue weighted by Gasteiger charge is 2.19. The number of carbonyl (C=O) groups excluding carboxylic acids is 1. The number of nitrogens with one attached hydrogen (secondary N) is 1.